The summed E-state index contributed by atoms with van der Waals surface area (Å²) in [6.07, 6.45) is 1.85. The molecule has 1 fully saturated rings. The Hall–Kier alpha value is -3.52. The van der Waals surface area contributed by atoms with Crippen molar-refractivity contribution in [2.75, 3.05) is 31.6 Å². The van der Waals surface area contributed by atoms with Crippen LogP contribution in [0.15, 0.2) is 60.9 Å². The van der Waals surface area contributed by atoms with Crippen LogP contribution in [-0.2, 0) is 20.9 Å². The maximum absolute atomic E-state index is 13.4. The Kier molecular flexibility index (Phi) is 6.91. The molecule has 0 unspecified atom stereocenters. The van der Waals surface area contributed by atoms with E-state index in [-0.39, 0.29) is 30.5 Å². The fraction of sp³-hybridized carbons (Fsp3) is 0.292. The molecule has 0 aliphatic carbocycles. The van der Waals surface area contributed by atoms with Gasteiger partial charge in [0, 0.05) is 31.5 Å². The molecule has 2 amide bonds. The van der Waals surface area contributed by atoms with Gasteiger partial charge in [0.1, 0.15) is 17.3 Å². The lowest BCUT2D eigenvalue weighted by Crippen LogP contribution is -2.40. The normalized spacial score (nSPS) is 13.7. The lowest BCUT2D eigenvalue weighted by atomic mass is 10.1. The quantitative estimate of drug-likeness (QED) is 0.617. The van der Waals surface area contributed by atoms with Gasteiger partial charge in [0.15, 0.2) is 0 Å². The molecule has 7 nitrogen and oxygen atoms in total. The fourth-order valence-electron chi connectivity index (χ4n) is 3.62. The number of amides is 2. The summed E-state index contributed by atoms with van der Waals surface area (Å²) >= 11 is 0. The molecule has 0 spiro atoms. The van der Waals surface area contributed by atoms with Crippen molar-refractivity contribution >= 4 is 17.6 Å². The predicted octanol–water partition coefficient (Wildman–Crippen LogP) is 3.32. The molecular weight excluding hydrogens is 411 g/mol. The minimum atomic E-state index is -0.343. The zero-order valence-corrected chi connectivity index (χ0v) is 17.7. The first-order chi connectivity index (χ1) is 15.6. The molecule has 1 aliphatic rings. The monoisotopic (exact) mass is 436 g/mol. The first-order valence-corrected chi connectivity index (χ1v) is 10.6. The van der Waals surface area contributed by atoms with Crippen LogP contribution in [0.1, 0.15) is 18.4 Å². The first-order valence-electron chi connectivity index (χ1n) is 10.6. The van der Waals surface area contributed by atoms with Gasteiger partial charge in [0.05, 0.1) is 26.1 Å². The van der Waals surface area contributed by atoms with Crippen molar-refractivity contribution in [3.8, 4) is 11.3 Å². The van der Waals surface area contributed by atoms with Crippen LogP contribution in [-0.4, -0.2) is 52.6 Å². The average Bonchev–Trinajstić information content (AvgIpc) is 3.21. The molecular formula is C24H25FN4O3. The number of hydrogen-bond donors (Lipinski definition) is 1. The van der Waals surface area contributed by atoms with Crippen molar-refractivity contribution in [1.29, 1.82) is 0 Å². The third-order valence-electron chi connectivity index (χ3n) is 5.34. The maximum atomic E-state index is 13.4. The molecule has 1 aliphatic heterocycles. The topological polar surface area (TPSA) is 76.5 Å². The van der Waals surface area contributed by atoms with E-state index in [0.717, 1.165) is 5.56 Å². The number of morpholine rings is 1. The summed E-state index contributed by atoms with van der Waals surface area (Å²) in [7, 11) is 0. The van der Waals surface area contributed by atoms with Crippen LogP contribution < -0.4 is 5.32 Å². The number of rotatable bonds is 7. The number of carbonyl (C=O) groups is 2. The maximum Gasteiger partial charge on any atom is 0.226 e. The second-order valence-electron chi connectivity index (χ2n) is 7.60. The third-order valence-corrected chi connectivity index (χ3v) is 5.34. The number of carbonyl (C=O) groups excluding carboxylic acids is 2. The number of anilines is 1. The summed E-state index contributed by atoms with van der Waals surface area (Å²) in [6.45, 7) is 2.67. The van der Waals surface area contributed by atoms with Gasteiger partial charge in [-0.05, 0) is 29.8 Å². The number of benzene rings is 2. The highest BCUT2D eigenvalue weighted by atomic mass is 19.1. The Bertz CT molecular complexity index is 1060. The van der Waals surface area contributed by atoms with E-state index in [9.17, 15) is 14.0 Å². The SMILES string of the molecule is O=C(CCC(=O)N1CCOCC1)Nc1c(-c2ccc(F)cc2)ncn1Cc1ccccc1. The summed E-state index contributed by atoms with van der Waals surface area (Å²) < 4.78 is 20.5. The highest BCUT2D eigenvalue weighted by Gasteiger charge is 2.20. The Morgan fingerprint density at radius 3 is 2.44 bits per heavy atom. The number of hydrogen-bond acceptors (Lipinski definition) is 4. The van der Waals surface area contributed by atoms with Crippen LogP contribution in [0.4, 0.5) is 10.2 Å². The molecule has 3 aromatic rings. The molecule has 32 heavy (non-hydrogen) atoms. The van der Waals surface area contributed by atoms with E-state index in [0.29, 0.717) is 49.9 Å². The average molecular weight is 436 g/mol. The van der Waals surface area contributed by atoms with Gasteiger partial charge >= 0.3 is 0 Å². The molecule has 1 aromatic heterocycles. The lowest BCUT2D eigenvalue weighted by Gasteiger charge is -2.26. The highest BCUT2D eigenvalue weighted by molar-refractivity contribution is 5.95. The van der Waals surface area contributed by atoms with E-state index in [4.69, 9.17) is 4.74 Å². The highest BCUT2D eigenvalue weighted by Crippen LogP contribution is 2.28. The van der Waals surface area contributed by atoms with Gasteiger partial charge in [-0.15, -0.1) is 0 Å². The van der Waals surface area contributed by atoms with Crippen molar-refractivity contribution in [3.05, 3.63) is 72.3 Å². The first kappa shape index (κ1) is 21.7. The molecule has 2 aromatic carbocycles. The molecule has 1 saturated heterocycles. The second kappa shape index (κ2) is 10.2. The molecule has 0 atom stereocenters. The number of halogens is 1. The smallest absolute Gasteiger partial charge is 0.226 e. The van der Waals surface area contributed by atoms with Gasteiger partial charge in [-0.3, -0.25) is 9.59 Å². The van der Waals surface area contributed by atoms with Crippen LogP contribution in [0.2, 0.25) is 0 Å². The second-order valence-corrected chi connectivity index (χ2v) is 7.60. The van der Waals surface area contributed by atoms with E-state index < -0.39 is 0 Å². The fourth-order valence-corrected chi connectivity index (χ4v) is 3.62. The van der Waals surface area contributed by atoms with Gasteiger partial charge in [0.25, 0.3) is 0 Å². The summed E-state index contributed by atoms with van der Waals surface area (Å²) in [4.78, 5) is 31.3. The van der Waals surface area contributed by atoms with Gasteiger partial charge in [-0.1, -0.05) is 30.3 Å². The Labute approximate surface area is 185 Å². The predicted molar refractivity (Wildman–Crippen MR) is 118 cm³/mol. The molecule has 166 valence electrons. The van der Waals surface area contributed by atoms with Crippen LogP contribution in [0.25, 0.3) is 11.3 Å². The van der Waals surface area contributed by atoms with E-state index in [1.807, 2.05) is 34.9 Å². The van der Waals surface area contributed by atoms with Gasteiger partial charge in [-0.2, -0.15) is 0 Å². The molecule has 8 heteroatoms. The Morgan fingerprint density at radius 1 is 1.00 bits per heavy atom. The Balaban J connectivity index is 1.50. The summed E-state index contributed by atoms with van der Waals surface area (Å²) in [5.74, 6) is -0.154. The minimum Gasteiger partial charge on any atom is -0.378 e. The number of ether oxygens (including phenoxy) is 1. The number of imidazole rings is 1. The number of nitrogens with zero attached hydrogens (tertiary/aromatic N) is 3. The third kappa shape index (κ3) is 5.39. The largest absolute Gasteiger partial charge is 0.378 e. The number of nitrogens with one attached hydrogen (secondary N) is 1. The summed E-state index contributed by atoms with van der Waals surface area (Å²) in [5.41, 5.74) is 2.29. The van der Waals surface area contributed by atoms with Crippen molar-refractivity contribution in [3.63, 3.8) is 0 Å². The molecule has 2 heterocycles. The van der Waals surface area contributed by atoms with E-state index in [1.54, 1.807) is 23.4 Å². The van der Waals surface area contributed by atoms with Crippen LogP contribution in [0, 0.1) is 5.82 Å². The van der Waals surface area contributed by atoms with Crippen LogP contribution in [0.5, 0.6) is 0 Å². The molecule has 1 N–H and O–H groups in total. The number of aromatic nitrogens is 2. The zero-order chi connectivity index (χ0) is 22.3. The van der Waals surface area contributed by atoms with Crippen molar-refractivity contribution in [1.82, 2.24) is 14.5 Å². The Morgan fingerprint density at radius 2 is 1.72 bits per heavy atom. The van der Waals surface area contributed by atoms with E-state index >= 15 is 0 Å². The molecule has 0 saturated carbocycles. The van der Waals surface area contributed by atoms with Crippen molar-refractivity contribution < 1.29 is 18.7 Å². The van der Waals surface area contributed by atoms with E-state index in [1.165, 1.54) is 12.1 Å². The van der Waals surface area contributed by atoms with Crippen LogP contribution >= 0.6 is 0 Å². The van der Waals surface area contributed by atoms with Crippen molar-refractivity contribution in [2.24, 2.45) is 0 Å². The van der Waals surface area contributed by atoms with Crippen LogP contribution in [0.3, 0.4) is 0 Å². The van der Waals surface area contributed by atoms with Gasteiger partial charge in [-0.25, -0.2) is 9.37 Å². The molecule has 0 radical (unpaired) electrons. The van der Waals surface area contributed by atoms with Gasteiger partial charge < -0.3 is 19.5 Å². The van der Waals surface area contributed by atoms with Crippen molar-refractivity contribution in [2.45, 2.75) is 19.4 Å². The standard InChI is InChI=1S/C24H25FN4O3/c25-20-8-6-19(7-9-20)23-24(29(17-26-23)16-18-4-2-1-3-5-18)27-21(30)10-11-22(31)28-12-14-32-15-13-28/h1-9,17H,10-16H2,(H,27,30). The minimum absolute atomic E-state index is 0.0556. The zero-order valence-electron chi connectivity index (χ0n) is 17.7. The lowest BCUT2D eigenvalue weighted by molar-refractivity contribution is -0.136. The van der Waals surface area contributed by atoms with E-state index in [2.05, 4.69) is 10.3 Å². The molecule has 0 bridgehead atoms. The molecule has 4 rings (SSSR count). The summed E-state index contributed by atoms with van der Waals surface area (Å²) in [5, 5.41) is 2.92. The summed E-state index contributed by atoms with van der Waals surface area (Å²) in [6, 6.07) is 15.8. The van der Waals surface area contributed by atoms with Gasteiger partial charge in [0.2, 0.25) is 11.8 Å².